The molecule has 0 fully saturated rings. The van der Waals surface area contributed by atoms with Crippen LogP contribution in [0.1, 0.15) is 38.9 Å². The van der Waals surface area contributed by atoms with E-state index >= 15 is 0 Å². The average Bonchev–Trinajstić information content (AvgIpc) is 2.36. The fourth-order valence-electron chi connectivity index (χ4n) is 1.37. The highest BCUT2D eigenvalue weighted by atomic mass is 35.5. The highest BCUT2D eigenvalue weighted by molar-refractivity contribution is 7.90. The average molecular weight is 319 g/mol. The van der Waals surface area contributed by atoms with E-state index in [2.05, 4.69) is 14.4 Å². The summed E-state index contributed by atoms with van der Waals surface area (Å²) in [5.41, 5.74) is 0.556. The topological polar surface area (TPSA) is 74.3 Å². The van der Waals surface area contributed by atoms with Crippen molar-refractivity contribution in [3.63, 3.8) is 0 Å². The van der Waals surface area contributed by atoms with Crippen LogP contribution in [0.3, 0.4) is 0 Å². The number of methoxy groups -OCH3 is 1. The van der Waals surface area contributed by atoms with E-state index in [1.807, 2.05) is 20.8 Å². The molecule has 0 aliphatic rings. The third kappa shape index (κ3) is 5.28. The predicted molar refractivity (Wildman–Crippen MR) is 79.7 cm³/mol. The Morgan fingerprint density at radius 3 is 2.75 bits per heavy atom. The Balaban J connectivity index is 2.94. The molecule has 0 amide bonds. The summed E-state index contributed by atoms with van der Waals surface area (Å²) in [5.74, 6) is -0.407. The number of nitrogens with zero attached hydrogens (tertiary/aromatic N) is 1. The van der Waals surface area contributed by atoms with Crippen LogP contribution in [-0.4, -0.2) is 27.4 Å². The highest BCUT2D eigenvalue weighted by Gasteiger charge is 2.31. The molecule has 1 rings (SSSR count). The van der Waals surface area contributed by atoms with Gasteiger partial charge in [0, 0.05) is 22.6 Å². The molecule has 2 atom stereocenters. The number of rotatable bonds is 5. The Morgan fingerprint density at radius 1 is 1.60 bits per heavy atom. The van der Waals surface area contributed by atoms with Gasteiger partial charge in [-0.15, -0.1) is 4.72 Å². The second-order valence-corrected chi connectivity index (χ2v) is 7.67. The molecule has 0 saturated heterocycles. The minimum Gasteiger partial charge on any atom is -0.598 e. The predicted octanol–water partition coefficient (Wildman–Crippen LogP) is 2.39. The third-order valence-corrected chi connectivity index (χ3v) is 4.35. The lowest BCUT2D eigenvalue weighted by molar-refractivity contribution is -0.141. The van der Waals surface area contributed by atoms with E-state index < -0.39 is 28.1 Å². The maximum atomic E-state index is 12.2. The standard InChI is InChI=1S/C13H19ClN2O3S/c1-13(2,3)20(18)16-11(8-12(17)19-4)10-7-9(14)5-6-15-10/h5-7,11,16H,8H2,1-4H3/t11?,20-/m1/s1. The van der Waals surface area contributed by atoms with Gasteiger partial charge in [-0.2, -0.15) is 0 Å². The van der Waals surface area contributed by atoms with E-state index in [0.29, 0.717) is 10.7 Å². The Labute approximate surface area is 127 Å². The fourth-order valence-corrected chi connectivity index (χ4v) is 2.36. The van der Waals surface area contributed by atoms with Gasteiger partial charge in [-0.05, 0) is 32.9 Å². The maximum Gasteiger partial charge on any atom is 0.307 e. The van der Waals surface area contributed by atoms with Crippen LogP contribution in [-0.2, 0) is 20.9 Å². The third-order valence-electron chi connectivity index (χ3n) is 2.50. The second-order valence-electron chi connectivity index (χ2n) is 5.23. The lowest BCUT2D eigenvalue weighted by Crippen LogP contribution is -2.42. The zero-order chi connectivity index (χ0) is 15.3. The number of ether oxygens (including phenoxy) is 1. The zero-order valence-corrected chi connectivity index (χ0v) is 13.5. The molecule has 0 aliphatic heterocycles. The lowest BCUT2D eigenvalue weighted by Gasteiger charge is -2.27. The van der Waals surface area contributed by atoms with Gasteiger partial charge in [0.05, 0.1) is 19.2 Å². The lowest BCUT2D eigenvalue weighted by atomic mass is 10.1. The van der Waals surface area contributed by atoms with E-state index in [9.17, 15) is 9.35 Å². The molecule has 0 spiro atoms. The van der Waals surface area contributed by atoms with E-state index in [1.165, 1.54) is 7.11 Å². The monoisotopic (exact) mass is 318 g/mol. The number of nitrogens with one attached hydrogen (secondary N) is 1. The summed E-state index contributed by atoms with van der Waals surface area (Å²) < 4.78 is 19.3. The van der Waals surface area contributed by atoms with Gasteiger partial charge in [0.25, 0.3) is 0 Å². The first-order valence-electron chi connectivity index (χ1n) is 6.10. The molecule has 0 radical (unpaired) electrons. The van der Waals surface area contributed by atoms with Crippen LogP contribution in [0.4, 0.5) is 0 Å². The molecule has 0 aromatic carbocycles. The number of carbonyl (C=O) groups is 1. The van der Waals surface area contributed by atoms with E-state index in [4.69, 9.17) is 11.6 Å². The van der Waals surface area contributed by atoms with Crippen molar-refractivity contribution in [2.45, 2.75) is 38.0 Å². The molecular formula is C13H19ClN2O3S. The van der Waals surface area contributed by atoms with Gasteiger partial charge in [-0.1, -0.05) is 11.6 Å². The van der Waals surface area contributed by atoms with Gasteiger partial charge in [0.1, 0.15) is 10.8 Å². The van der Waals surface area contributed by atoms with Crippen LogP contribution in [0, 0.1) is 0 Å². The van der Waals surface area contributed by atoms with Gasteiger partial charge in [0.15, 0.2) is 0 Å². The Morgan fingerprint density at radius 2 is 2.25 bits per heavy atom. The summed E-state index contributed by atoms with van der Waals surface area (Å²) >= 11 is 4.59. The quantitative estimate of drug-likeness (QED) is 0.666. The number of carbonyl (C=O) groups excluding carboxylic acids is 1. The van der Waals surface area contributed by atoms with Crippen molar-refractivity contribution in [2.24, 2.45) is 0 Å². The number of pyridine rings is 1. The van der Waals surface area contributed by atoms with Crippen LogP contribution in [0.2, 0.25) is 5.02 Å². The second kappa shape index (κ2) is 7.26. The molecule has 0 aliphatic carbocycles. The van der Waals surface area contributed by atoms with Crippen molar-refractivity contribution in [1.29, 1.82) is 0 Å². The first-order valence-corrected chi connectivity index (χ1v) is 7.63. The Hall–Kier alpha value is -0.820. The molecule has 1 aromatic heterocycles. The van der Waals surface area contributed by atoms with E-state index in [1.54, 1.807) is 18.3 Å². The molecule has 1 N–H and O–H groups in total. The molecule has 1 aromatic rings. The van der Waals surface area contributed by atoms with Crippen LogP contribution in [0.5, 0.6) is 0 Å². The zero-order valence-electron chi connectivity index (χ0n) is 12.0. The van der Waals surface area contributed by atoms with Crippen molar-refractivity contribution in [3.05, 3.63) is 29.0 Å². The summed E-state index contributed by atoms with van der Waals surface area (Å²) in [4.78, 5) is 15.7. The normalized spacial score (nSPS) is 14.7. The van der Waals surface area contributed by atoms with Crippen LogP contribution < -0.4 is 4.72 Å². The molecule has 7 heteroatoms. The Kier molecular flexibility index (Phi) is 6.26. The minimum atomic E-state index is -1.33. The summed E-state index contributed by atoms with van der Waals surface area (Å²) in [7, 11) is 1.31. The summed E-state index contributed by atoms with van der Waals surface area (Å²) in [6.07, 6.45) is 1.58. The smallest absolute Gasteiger partial charge is 0.307 e. The van der Waals surface area contributed by atoms with Gasteiger partial charge >= 0.3 is 5.97 Å². The first kappa shape index (κ1) is 17.2. The van der Waals surface area contributed by atoms with Gasteiger partial charge in [-0.25, -0.2) is 0 Å². The molecule has 1 unspecified atom stereocenters. The number of halogens is 1. The van der Waals surface area contributed by atoms with E-state index in [0.717, 1.165) is 0 Å². The van der Waals surface area contributed by atoms with Crippen molar-refractivity contribution in [2.75, 3.05) is 7.11 Å². The highest BCUT2D eigenvalue weighted by Crippen LogP contribution is 2.23. The van der Waals surface area contributed by atoms with Gasteiger partial charge < -0.3 is 9.29 Å². The van der Waals surface area contributed by atoms with Gasteiger partial charge in [-0.3, -0.25) is 9.78 Å². The van der Waals surface area contributed by atoms with Gasteiger partial charge in [0.2, 0.25) is 0 Å². The fraction of sp³-hybridized carbons (Fsp3) is 0.538. The summed E-state index contributed by atoms with van der Waals surface area (Å²) in [5, 5.41) is 0.508. The molecule has 20 heavy (non-hydrogen) atoms. The van der Waals surface area contributed by atoms with Crippen molar-refractivity contribution < 1.29 is 14.1 Å². The van der Waals surface area contributed by atoms with Crippen LogP contribution in [0.25, 0.3) is 0 Å². The van der Waals surface area contributed by atoms with E-state index in [-0.39, 0.29) is 6.42 Å². The Bertz CT molecular complexity index is 465. The molecule has 5 nitrogen and oxygen atoms in total. The summed E-state index contributed by atoms with van der Waals surface area (Å²) in [6, 6.07) is 2.77. The molecule has 112 valence electrons. The largest absolute Gasteiger partial charge is 0.598 e. The summed E-state index contributed by atoms with van der Waals surface area (Å²) in [6.45, 7) is 5.53. The number of hydrogen-bond donors (Lipinski definition) is 1. The molecule has 1 heterocycles. The number of esters is 1. The van der Waals surface area contributed by atoms with Crippen molar-refractivity contribution >= 4 is 28.9 Å². The minimum absolute atomic E-state index is 0.0334. The first-order chi connectivity index (χ1) is 9.24. The maximum absolute atomic E-state index is 12.2. The van der Waals surface area contributed by atoms with Crippen LogP contribution in [0.15, 0.2) is 18.3 Å². The van der Waals surface area contributed by atoms with Crippen molar-refractivity contribution in [1.82, 2.24) is 9.71 Å². The SMILES string of the molecule is COC(=O)CC(N[S@+]([O-])C(C)(C)C)c1cc(Cl)ccn1. The molecule has 0 bridgehead atoms. The number of hydrogen-bond acceptors (Lipinski definition) is 5. The molecular weight excluding hydrogens is 300 g/mol. The number of aromatic nitrogens is 1. The molecule has 0 saturated carbocycles. The van der Waals surface area contributed by atoms with Crippen LogP contribution >= 0.6 is 11.6 Å². The van der Waals surface area contributed by atoms with Crippen molar-refractivity contribution in [3.8, 4) is 0 Å².